The van der Waals surface area contributed by atoms with Crippen molar-refractivity contribution in [3.8, 4) is 11.5 Å². The summed E-state index contributed by atoms with van der Waals surface area (Å²) in [6.07, 6.45) is 0. The van der Waals surface area contributed by atoms with Gasteiger partial charge in [-0.3, -0.25) is 10.1 Å². The molecule has 0 bridgehead atoms. The molecule has 0 radical (unpaired) electrons. The lowest BCUT2D eigenvalue weighted by Gasteiger charge is -2.15. The molecule has 0 atom stereocenters. The van der Waals surface area contributed by atoms with E-state index in [1.165, 1.54) is 12.1 Å². The molecule has 0 fully saturated rings. The van der Waals surface area contributed by atoms with Crippen LogP contribution in [0.15, 0.2) is 33.6 Å². The number of nitrogens with one attached hydrogen (secondary N) is 1. The third-order valence-corrected chi connectivity index (χ3v) is 5.55. The van der Waals surface area contributed by atoms with Crippen LogP contribution >= 0.6 is 0 Å². The number of nitrogens with zero attached hydrogens (tertiary/aromatic N) is 2. The number of hydrogen-bond donors (Lipinski definition) is 1. The van der Waals surface area contributed by atoms with Crippen LogP contribution in [0.25, 0.3) is 11.5 Å². The molecule has 7 nitrogen and oxygen atoms in total. The molecule has 0 aliphatic carbocycles. The van der Waals surface area contributed by atoms with Gasteiger partial charge in [0.05, 0.1) is 10.1 Å². The van der Waals surface area contributed by atoms with Gasteiger partial charge >= 0.3 is 6.01 Å². The molecule has 1 aromatic heterocycles. The quantitative estimate of drug-likeness (QED) is 0.908. The predicted octanol–water partition coefficient (Wildman–Crippen LogP) is 2.90. The molecule has 0 spiro atoms. The molecule has 2 aromatic rings. The highest BCUT2D eigenvalue weighted by Crippen LogP contribution is 2.24. The highest BCUT2D eigenvalue weighted by Gasteiger charge is 2.23. The smallest absolute Gasteiger partial charge is 0.322 e. The van der Waals surface area contributed by atoms with Crippen LogP contribution < -0.4 is 5.32 Å². The topological polar surface area (TPSA) is 102 Å². The van der Waals surface area contributed by atoms with E-state index in [9.17, 15) is 13.2 Å². The third-order valence-electron chi connectivity index (χ3n) is 3.38. The fourth-order valence-corrected chi connectivity index (χ4v) is 2.79. The molecule has 1 N–H and O–H groups in total. The molecule has 0 aliphatic heterocycles. The Labute approximate surface area is 141 Å². The van der Waals surface area contributed by atoms with Crippen molar-refractivity contribution in [2.24, 2.45) is 5.41 Å². The molecule has 1 amide bonds. The van der Waals surface area contributed by atoms with E-state index in [0.717, 1.165) is 0 Å². The van der Waals surface area contributed by atoms with Crippen LogP contribution in [0.4, 0.5) is 6.01 Å². The monoisotopic (exact) mass is 351 g/mol. The minimum Gasteiger partial charge on any atom is -0.403 e. The molecule has 1 heterocycles. The minimum atomic E-state index is -3.33. The van der Waals surface area contributed by atoms with Gasteiger partial charge in [-0.15, -0.1) is 5.10 Å². The first-order valence-corrected chi connectivity index (χ1v) is 9.06. The fourth-order valence-electron chi connectivity index (χ4n) is 1.73. The largest absolute Gasteiger partial charge is 0.403 e. The number of benzene rings is 1. The second-order valence-electron chi connectivity index (χ2n) is 6.73. The van der Waals surface area contributed by atoms with Gasteiger partial charge in [-0.05, 0) is 38.1 Å². The summed E-state index contributed by atoms with van der Waals surface area (Å²) in [5, 5.41) is 9.70. The molecule has 2 rings (SSSR count). The SMILES string of the molecule is CC(C)S(=O)(=O)c1ccc(-c2nnc(NC(=O)C(C)(C)C)o2)cc1. The zero-order valence-electron chi connectivity index (χ0n) is 14.3. The maximum atomic E-state index is 12.1. The Morgan fingerprint density at radius 1 is 1.12 bits per heavy atom. The average molecular weight is 351 g/mol. The summed E-state index contributed by atoms with van der Waals surface area (Å²) in [5.41, 5.74) is -0.0111. The Bertz CT molecular complexity index is 831. The fraction of sp³-hybridized carbons (Fsp3) is 0.438. The van der Waals surface area contributed by atoms with Crippen molar-refractivity contribution >= 4 is 21.8 Å². The van der Waals surface area contributed by atoms with Crippen LogP contribution in [0.2, 0.25) is 0 Å². The standard InChI is InChI=1S/C16H21N3O4S/c1-10(2)24(21,22)12-8-6-11(7-9-12)13-18-19-15(23-13)17-14(20)16(3,4)5/h6-10H,1-5H3,(H,17,19,20). The van der Waals surface area contributed by atoms with E-state index in [-0.39, 0.29) is 22.7 Å². The van der Waals surface area contributed by atoms with Crippen LogP contribution in [0.3, 0.4) is 0 Å². The van der Waals surface area contributed by atoms with Gasteiger partial charge in [0.1, 0.15) is 0 Å². The van der Waals surface area contributed by atoms with E-state index in [1.807, 2.05) is 0 Å². The summed E-state index contributed by atoms with van der Waals surface area (Å²) in [5.74, 6) is -0.0382. The maximum Gasteiger partial charge on any atom is 0.322 e. The van der Waals surface area contributed by atoms with Gasteiger partial charge in [-0.1, -0.05) is 25.9 Å². The van der Waals surface area contributed by atoms with Crippen molar-refractivity contribution in [3.63, 3.8) is 0 Å². The number of sulfone groups is 1. The van der Waals surface area contributed by atoms with Gasteiger partial charge < -0.3 is 4.42 Å². The number of hydrogen-bond acceptors (Lipinski definition) is 6. The Balaban J connectivity index is 2.21. The number of aromatic nitrogens is 2. The Morgan fingerprint density at radius 3 is 2.21 bits per heavy atom. The number of rotatable bonds is 4. The highest BCUT2D eigenvalue weighted by molar-refractivity contribution is 7.92. The van der Waals surface area contributed by atoms with Crippen molar-refractivity contribution in [1.82, 2.24) is 10.2 Å². The number of carbonyl (C=O) groups excluding carboxylic acids is 1. The molecular weight excluding hydrogens is 330 g/mol. The molecule has 0 unspecified atom stereocenters. The van der Waals surface area contributed by atoms with E-state index in [4.69, 9.17) is 4.42 Å². The Kier molecular flexibility index (Phi) is 4.80. The lowest BCUT2D eigenvalue weighted by molar-refractivity contribution is -0.123. The van der Waals surface area contributed by atoms with Crippen LogP contribution in [-0.4, -0.2) is 29.8 Å². The summed E-state index contributed by atoms with van der Waals surface area (Å²) >= 11 is 0. The molecule has 130 valence electrons. The third kappa shape index (κ3) is 3.81. The van der Waals surface area contributed by atoms with Gasteiger partial charge in [0, 0.05) is 11.0 Å². The first-order valence-electron chi connectivity index (χ1n) is 7.51. The molecule has 8 heteroatoms. The van der Waals surface area contributed by atoms with E-state index < -0.39 is 20.5 Å². The zero-order chi connectivity index (χ0) is 18.1. The summed E-state index contributed by atoms with van der Waals surface area (Å²) < 4.78 is 29.6. The van der Waals surface area contributed by atoms with Crippen LogP contribution in [0.1, 0.15) is 34.6 Å². The predicted molar refractivity (Wildman–Crippen MR) is 90.1 cm³/mol. The Morgan fingerprint density at radius 2 is 1.71 bits per heavy atom. The molecule has 24 heavy (non-hydrogen) atoms. The van der Waals surface area contributed by atoms with Crippen molar-refractivity contribution in [1.29, 1.82) is 0 Å². The van der Waals surface area contributed by atoms with E-state index in [0.29, 0.717) is 5.56 Å². The Hall–Kier alpha value is -2.22. The van der Waals surface area contributed by atoms with E-state index in [2.05, 4.69) is 15.5 Å². The van der Waals surface area contributed by atoms with Gasteiger partial charge in [0.15, 0.2) is 9.84 Å². The zero-order valence-corrected chi connectivity index (χ0v) is 15.1. The van der Waals surface area contributed by atoms with Crippen LogP contribution in [-0.2, 0) is 14.6 Å². The second kappa shape index (κ2) is 6.35. The van der Waals surface area contributed by atoms with Crippen molar-refractivity contribution in [2.75, 3.05) is 5.32 Å². The van der Waals surface area contributed by atoms with Crippen LogP contribution in [0, 0.1) is 5.41 Å². The maximum absolute atomic E-state index is 12.1. The first kappa shape index (κ1) is 18.1. The minimum absolute atomic E-state index is 0.00352. The van der Waals surface area contributed by atoms with Crippen LogP contribution in [0.5, 0.6) is 0 Å². The lowest BCUT2D eigenvalue weighted by Crippen LogP contribution is -2.27. The summed E-state index contributed by atoms with van der Waals surface area (Å²) in [6, 6.07) is 6.20. The van der Waals surface area contributed by atoms with E-state index >= 15 is 0 Å². The second-order valence-corrected chi connectivity index (χ2v) is 9.24. The normalized spacial score (nSPS) is 12.4. The van der Waals surface area contributed by atoms with Gasteiger partial charge in [-0.2, -0.15) is 0 Å². The summed E-state index contributed by atoms with van der Waals surface area (Å²) in [6.45, 7) is 8.57. The number of carbonyl (C=O) groups is 1. The molecule has 1 aromatic carbocycles. The highest BCUT2D eigenvalue weighted by atomic mass is 32.2. The number of amides is 1. The van der Waals surface area contributed by atoms with Gasteiger partial charge in [0.2, 0.25) is 11.8 Å². The summed E-state index contributed by atoms with van der Waals surface area (Å²) in [7, 11) is -3.33. The average Bonchev–Trinajstić information content (AvgIpc) is 2.94. The molecular formula is C16H21N3O4S. The first-order chi connectivity index (χ1) is 11.0. The van der Waals surface area contributed by atoms with Crippen molar-refractivity contribution in [3.05, 3.63) is 24.3 Å². The van der Waals surface area contributed by atoms with Crippen molar-refractivity contribution in [2.45, 2.75) is 44.8 Å². The molecule has 0 saturated carbocycles. The van der Waals surface area contributed by atoms with Crippen molar-refractivity contribution < 1.29 is 17.6 Å². The van der Waals surface area contributed by atoms with E-state index in [1.54, 1.807) is 46.8 Å². The molecule has 0 aliphatic rings. The summed E-state index contributed by atoms with van der Waals surface area (Å²) in [4.78, 5) is 12.1. The molecule has 0 saturated heterocycles. The van der Waals surface area contributed by atoms with Gasteiger partial charge in [0.25, 0.3) is 0 Å². The van der Waals surface area contributed by atoms with Gasteiger partial charge in [-0.25, -0.2) is 8.42 Å². The number of anilines is 1. The lowest BCUT2D eigenvalue weighted by atomic mass is 9.96.